The maximum atomic E-state index is 9.55. The molecule has 1 aliphatic heterocycles. The highest BCUT2D eigenvalue weighted by Gasteiger charge is 2.31. The van der Waals surface area contributed by atoms with Crippen LogP contribution >= 0.6 is 0 Å². The third kappa shape index (κ3) is 4.19. The average Bonchev–Trinajstić information content (AvgIpc) is 3.15. The van der Waals surface area contributed by atoms with Crippen molar-refractivity contribution in [3.63, 3.8) is 0 Å². The lowest BCUT2D eigenvalue weighted by Crippen LogP contribution is -2.48. The van der Waals surface area contributed by atoms with Crippen molar-refractivity contribution < 1.29 is 9.84 Å². The fraction of sp³-hybridized carbons (Fsp3) is 1.00. The van der Waals surface area contributed by atoms with Crippen molar-refractivity contribution in [1.82, 2.24) is 10.2 Å². The minimum absolute atomic E-state index is 0.0866. The van der Waals surface area contributed by atoms with Crippen molar-refractivity contribution in [2.75, 3.05) is 32.9 Å². The number of aliphatic hydroxyl groups is 1. The molecule has 0 radical (unpaired) electrons. The van der Waals surface area contributed by atoms with Crippen LogP contribution in [-0.2, 0) is 4.74 Å². The minimum Gasteiger partial charge on any atom is -0.394 e. The van der Waals surface area contributed by atoms with Crippen LogP contribution in [0.15, 0.2) is 0 Å². The Kier molecular flexibility index (Phi) is 5.01. The molecule has 0 spiro atoms. The Morgan fingerprint density at radius 2 is 2.22 bits per heavy atom. The van der Waals surface area contributed by atoms with Gasteiger partial charge in [0.15, 0.2) is 0 Å². The number of morpholine rings is 1. The molecule has 2 atom stereocenters. The molecule has 2 N–H and O–H groups in total. The fourth-order valence-electron chi connectivity index (χ4n) is 2.68. The molecule has 0 bridgehead atoms. The standard InChI is InChI=1S/C14H28N2O2/c1-12-10-18-9-8-16(12)7-3-6-14(2,11-17)15-13-4-5-13/h12-13,15,17H,3-11H2,1-2H3. The molecule has 1 saturated carbocycles. The Hall–Kier alpha value is -0.160. The molecule has 2 aliphatic rings. The predicted octanol–water partition coefficient (Wildman–Crippen LogP) is 0.990. The number of aliphatic hydroxyl groups excluding tert-OH is 1. The lowest BCUT2D eigenvalue weighted by atomic mass is 9.96. The first kappa shape index (κ1) is 14.3. The minimum atomic E-state index is -0.0866. The van der Waals surface area contributed by atoms with Crippen LogP contribution in [0.2, 0.25) is 0 Å². The smallest absolute Gasteiger partial charge is 0.0619 e. The van der Waals surface area contributed by atoms with Crippen molar-refractivity contribution in [2.45, 2.75) is 57.2 Å². The number of ether oxygens (including phenoxy) is 1. The highest BCUT2D eigenvalue weighted by atomic mass is 16.5. The third-order valence-corrected chi connectivity index (χ3v) is 4.16. The summed E-state index contributed by atoms with van der Waals surface area (Å²) in [6.45, 7) is 8.50. The van der Waals surface area contributed by atoms with Crippen LogP contribution in [0.3, 0.4) is 0 Å². The van der Waals surface area contributed by atoms with Gasteiger partial charge >= 0.3 is 0 Å². The van der Waals surface area contributed by atoms with Crippen LogP contribution in [0, 0.1) is 0 Å². The summed E-state index contributed by atoms with van der Waals surface area (Å²) in [5, 5.41) is 13.1. The van der Waals surface area contributed by atoms with E-state index in [4.69, 9.17) is 4.74 Å². The van der Waals surface area contributed by atoms with Crippen LogP contribution in [0.5, 0.6) is 0 Å². The first-order chi connectivity index (χ1) is 8.63. The van der Waals surface area contributed by atoms with E-state index in [-0.39, 0.29) is 12.1 Å². The number of hydrogen-bond donors (Lipinski definition) is 2. The summed E-state index contributed by atoms with van der Waals surface area (Å²) in [4.78, 5) is 2.50. The van der Waals surface area contributed by atoms with Gasteiger partial charge in [-0.25, -0.2) is 0 Å². The first-order valence-electron chi connectivity index (χ1n) is 7.33. The predicted molar refractivity (Wildman–Crippen MR) is 72.7 cm³/mol. The van der Waals surface area contributed by atoms with Gasteiger partial charge in [0.2, 0.25) is 0 Å². The second-order valence-electron chi connectivity index (χ2n) is 6.20. The molecule has 2 fully saturated rings. The Labute approximate surface area is 111 Å². The van der Waals surface area contributed by atoms with E-state index in [0.29, 0.717) is 12.1 Å². The molecule has 1 heterocycles. The molecule has 0 aromatic heterocycles. The summed E-state index contributed by atoms with van der Waals surface area (Å²) in [6, 6.07) is 1.19. The Balaban J connectivity index is 1.68. The van der Waals surface area contributed by atoms with E-state index in [2.05, 4.69) is 24.1 Å². The van der Waals surface area contributed by atoms with E-state index in [1.165, 1.54) is 12.8 Å². The van der Waals surface area contributed by atoms with Gasteiger partial charge in [-0.2, -0.15) is 0 Å². The Morgan fingerprint density at radius 1 is 1.44 bits per heavy atom. The van der Waals surface area contributed by atoms with E-state index >= 15 is 0 Å². The van der Waals surface area contributed by atoms with Gasteiger partial charge < -0.3 is 15.2 Å². The largest absolute Gasteiger partial charge is 0.394 e. The third-order valence-electron chi connectivity index (χ3n) is 4.16. The number of rotatable bonds is 7. The highest BCUT2D eigenvalue weighted by Crippen LogP contribution is 2.24. The molecular weight excluding hydrogens is 228 g/mol. The molecule has 2 rings (SSSR count). The molecule has 4 heteroatoms. The average molecular weight is 256 g/mol. The van der Waals surface area contributed by atoms with Crippen LogP contribution in [0.1, 0.15) is 39.5 Å². The zero-order chi connectivity index (χ0) is 13.0. The van der Waals surface area contributed by atoms with E-state index in [0.717, 1.165) is 39.1 Å². The molecule has 106 valence electrons. The van der Waals surface area contributed by atoms with Gasteiger partial charge in [-0.05, 0) is 46.1 Å². The zero-order valence-electron chi connectivity index (χ0n) is 11.8. The molecule has 0 aromatic carbocycles. The second-order valence-corrected chi connectivity index (χ2v) is 6.20. The van der Waals surface area contributed by atoms with E-state index in [9.17, 15) is 5.11 Å². The van der Waals surface area contributed by atoms with E-state index in [1.54, 1.807) is 0 Å². The Bertz CT molecular complexity index is 258. The summed E-state index contributed by atoms with van der Waals surface area (Å²) < 4.78 is 5.45. The molecule has 2 unspecified atom stereocenters. The van der Waals surface area contributed by atoms with E-state index in [1.807, 2.05) is 0 Å². The van der Waals surface area contributed by atoms with Crippen molar-refractivity contribution in [1.29, 1.82) is 0 Å². The fourth-order valence-corrected chi connectivity index (χ4v) is 2.68. The monoisotopic (exact) mass is 256 g/mol. The molecule has 0 amide bonds. The SMILES string of the molecule is CC1COCCN1CCCC(C)(CO)NC1CC1. The number of nitrogens with one attached hydrogen (secondary N) is 1. The summed E-state index contributed by atoms with van der Waals surface area (Å²) in [5.74, 6) is 0. The van der Waals surface area contributed by atoms with Crippen molar-refractivity contribution in [3.05, 3.63) is 0 Å². The Morgan fingerprint density at radius 3 is 2.83 bits per heavy atom. The lowest BCUT2D eigenvalue weighted by Gasteiger charge is -2.35. The number of nitrogens with zero attached hydrogens (tertiary/aromatic N) is 1. The molecule has 0 aromatic rings. The van der Waals surface area contributed by atoms with Gasteiger partial charge in [0.25, 0.3) is 0 Å². The van der Waals surface area contributed by atoms with Gasteiger partial charge in [-0.15, -0.1) is 0 Å². The molecular formula is C14H28N2O2. The summed E-state index contributed by atoms with van der Waals surface area (Å²) in [6.07, 6.45) is 4.73. The van der Waals surface area contributed by atoms with Gasteiger partial charge in [-0.1, -0.05) is 0 Å². The zero-order valence-corrected chi connectivity index (χ0v) is 11.8. The first-order valence-corrected chi connectivity index (χ1v) is 7.33. The molecule has 1 aliphatic carbocycles. The van der Waals surface area contributed by atoms with Gasteiger partial charge in [0.05, 0.1) is 19.8 Å². The highest BCUT2D eigenvalue weighted by molar-refractivity contribution is 4.92. The van der Waals surface area contributed by atoms with Gasteiger partial charge in [0.1, 0.15) is 0 Å². The molecule has 4 nitrogen and oxygen atoms in total. The van der Waals surface area contributed by atoms with Crippen molar-refractivity contribution in [2.24, 2.45) is 0 Å². The number of hydrogen-bond acceptors (Lipinski definition) is 4. The van der Waals surface area contributed by atoms with Crippen LogP contribution in [0.25, 0.3) is 0 Å². The van der Waals surface area contributed by atoms with E-state index < -0.39 is 0 Å². The maximum absolute atomic E-state index is 9.55. The summed E-state index contributed by atoms with van der Waals surface area (Å²) in [5.41, 5.74) is -0.0866. The van der Waals surface area contributed by atoms with Crippen molar-refractivity contribution in [3.8, 4) is 0 Å². The lowest BCUT2D eigenvalue weighted by molar-refractivity contribution is -0.00213. The van der Waals surface area contributed by atoms with Crippen LogP contribution < -0.4 is 5.32 Å². The molecule has 18 heavy (non-hydrogen) atoms. The molecule has 1 saturated heterocycles. The van der Waals surface area contributed by atoms with Crippen molar-refractivity contribution >= 4 is 0 Å². The normalized spacial score (nSPS) is 29.2. The summed E-state index contributed by atoms with van der Waals surface area (Å²) in [7, 11) is 0. The van der Waals surface area contributed by atoms with Gasteiger partial charge in [-0.3, -0.25) is 4.90 Å². The van der Waals surface area contributed by atoms with Gasteiger partial charge in [0, 0.05) is 24.2 Å². The second kappa shape index (κ2) is 6.33. The van der Waals surface area contributed by atoms with Crippen LogP contribution in [0.4, 0.5) is 0 Å². The topological polar surface area (TPSA) is 44.7 Å². The van der Waals surface area contributed by atoms with Crippen LogP contribution in [-0.4, -0.2) is 60.5 Å². The quantitative estimate of drug-likeness (QED) is 0.713. The summed E-state index contributed by atoms with van der Waals surface area (Å²) >= 11 is 0. The maximum Gasteiger partial charge on any atom is 0.0619 e.